The maximum absolute atomic E-state index is 13.8. The van der Waals surface area contributed by atoms with Crippen molar-refractivity contribution in [3.63, 3.8) is 0 Å². The molecule has 0 unspecified atom stereocenters. The van der Waals surface area contributed by atoms with E-state index in [-0.39, 0.29) is 6.42 Å². The fraction of sp³-hybridized carbons (Fsp3) is 0.296. The molecule has 0 bridgehead atoms. The molecule has 0 radical (unpaired) electrons. The van der Waals surface area contributed by atoms with Gasteiger partial charge in [-0.3, -0.25) is 9.69 Å². The Morgan fingerprint density at radius 2 is 1.54 bits per heavy atom. The minimum atomic E-state index is -5.41. The number of fused-ring (bicyclic) bond motifs is 3. The van der Waals surface area contributed by atoms with E-state index in [2.05, 4.69) is 25.1 Å². The van der Waals surface area contributed by atoms with Gasteiger partial charge in [-0.1, -0.05) is 48.5 Å². The van der Waals surface area contributed by atoms with Crippen LogP contribution in [0.2, 0.25) is 0 Å². The van der Waals surface area contributed by atoms with Gasteiger partial charge in [0.25, 0.3) is 0 Å². The van der Waals surface area contributed by atoms with Crippen molar-refractivity contribution in [2.75, 3.05) is 7.11 Å². The molecule has 2 aromatic carbocycles. The van der Waals surface area contributed by atoms with Crippen LogP contribution in [-0.4, -0.2) is 63.7 Å². The zero-order valence-electron chi connectivity index (χ0n) is 22.0. The third kappa shape index (κ3) is 6.00. The first-order chi connectivity index (χ1) is 19.3. The van der Waals surface area contributed by atoms with Crippen molar-refractivity contribution in [3.8, 4) is 11.1 Å². The highest BCUT2D eigenvalue weighted by Crippen LogP contribution is 2.47. The summed E-state index contributed by atoms with van der Waals surface area (Å²) < 4.78 is 42.5. The molecule has 216 valence electrons. The van der Waals surface area contributed by atoms with Gasteiger partial charge < -0.3 is 15.0 Å². The number of H-pyrrole nitrogens is 1. The molecule has 0 saturated carbocycles. The van der Waals surface area contributed by atoms with E-state index in [9.17, 15) is 32.3 Å². The van der Waals surface area contributed by atoms with E-state index in [1.54, 1.807) is 12.1 Å². The SMILES string of the molecule is COC(=O)N(C1c2ccccc2-c2ccccc21)[C@@H](Cc1cnc[nH]1)C(=O)NC(C)(C)C(=O)OOC(=O)C(F)(F)F. The monoisotopic (exact) mass is 574 g/mol. The molecule has 3 aromatic rings. The average Bonchev–Trinajstić information content (AvgIpc) is 3.56. The Morgan fingerprint density at radius 3 is 2.05 bits per heavy atom. The number of nitrogens with zero attached hydrogens (tertiary/aromatic N) is 2. The zero-order valence-corrected chi connectivity index (χ0v) is 22.0. The number of hydrogen-bond acceptors (Lipinski definition) is 8. The number of imidazole rings is 1. The Balaban J connectivity index is 1.70. The number of nitrogens with one attached hydrogen (secondary N) is 2. The van der Waals surface area contributed by atoms with Crippen molar-refractivity contribution in [3.05, 3.63) is 77.9 Å². The second-order valence-electron chi connectivity index (χ2n) is 9.60. The van der Waals surface area contributed by atoms with E-state index in [0.29, 0.717) is 5.69 Å². The molecule has 1 atom stereocenters. The smallest absolute Gasteiger partial charge is 0.453 e. The summed E-state index contributed by atoms with van der Waals surface area (Å²) >= 11 is 0. The molecular weight excluding hydrogens is 549 g/mol. The molecule has 11 nitrogen and oxygen atoms in total. The Hall–Kier alpha value is -4.88. The topological polar surface area (TPSA) is 140 Å². The van der Waals surface area contributed by atoms with E-state index in [0.717, 1.165) is 43.2 Å². The number of amides is 2. The number of halogens is 3. The first-order valence-corrected chi connectivity index (χ1v) is 12.2. The van der Waals surface area contributed by atoms with E-state index in [1.165, 1.54) is 17.4 Å². The molecule has 14 heteroatoms. The molecule has 0 aliphatic heterocycles. The van der Waals surface area contributed by atoms with Crippen molar-refractivity contribution in [2.24, 2.45) is 0 Å². The summed E-state index contributed by atoms with van der Waals surface area (Å²) in [5.74, 6) is -5.12. The molecule has 41 heavy (non-hydrogen) atoms. The third-order valence-corrected chi connectivity index (χ3v) is 6.44. The maximum Gasteiger partial charge on any atom is 0.495 e. The summed E-state index contributed by atoms with van der Waals surface area (Å²) in [7, 11) is 1.16. The van der Waals surface area contributed by atoms with E-state index >= 15 is 0 Å². The third-order valence-electron chi connectivity index (χ3n) is 6.44. The molecular formula is C27H25F3N4O7. The lowest BCUT2D eigenvalue weighted by Crippen LogP contribution is -2.59. The Bertz CT molecular complexity index is 1410. The first-order valence-electron chi connectivity index (χ1n) is 12.2. The fourth-order valence-electron chi connectivity index (χ4n) is 4.54. The largest absolute Gasteiger partial charge is 0.495 e. The number of methoxy groups -OCH3 is 1. The van der Waals surface area contributed by atoms with Crippen LogP contribution in [0.1, 0.15) is 36.7 Å². The Kier molecular flexibility index (Phi) is 8.03. The number of benzene rings is 2. The number of carbonyl (C=O) groups excluding carboxylic acids is 4. The Labute approximate surface area is 231 Å². The fourth-order valence-corrected chi connectivity index (χ4v) is 4.54. The molecule has 4 rings (SSSR count). The van der Waals surface area contributed by atoms with Crippen LogP contribution in [0.3, 0.4) is 0 Å². The van der Waals surface area contributed by atoms with Crippen molar-refractivity contribution < 1.29 is 46.9 Å². The predicted octanol–water partition coefficient (Wildman–Crippen LogP) is 3.62. The lowest BCUT2D eigenvalue weighted by molar-refractivity contribution is -0.288. The highest BCUT2D eigenvalue weighted by atomic mass is 19.4. The zero-order chi connectivity index (χ0) is 29.9. The number of carbonyl (C=O) groups is 4. The van der Waals surface area contributed by atoms with E-state index in [4.69, 9.17) is 4.74 Å². The van der Waals surface area contributed by atoms with Crippen molar-refractivity contribution in [2.45, 2.75) is 44.1 Å². The van der Waals surface area contributed by atoms with Crippen LogP contribution in [0.5, 0.6) is 0 Å². The molecule has 0 fully saturated rings. The number of aromatic amines is 1. The maximum atomic E-state index is 13.8. The normalized spacial score (nSPS) is 13.4. The summed E-state index contributed by atoms with van der Waals surface area (Å²) in [6.07, 6.45) is -3.56. The van der Waals surface area contributed by atoms with Crippen LogP contribution in [-0.2, 0) is 35.3 Å². The second kappa shape index (κ2) is 11.3. The van der Waals surface area contributed by atoms with Gasteiger partial charge >= 0.3 is 24.2 Å². The molecule has 2 N–H and O–H groups in total. The van der Waals surface area contributed by atoms with Gasteiger partial charge in [-0.25, -0.2) is 29.1 Å². The van der Waals surface area contributed by atoms with E-state index in [1.807, 2.05) is 36.4 Å². The molecule has 0 spiro atoms. The standard InChI is InChI=1S/C27H25F3N4O7/c1-26(2,23(36)40-41-24(37)27(28,29)30)33-22(35)20(12-15-13-31-14-32-15)34(25(38)39-3)21-18-10-6-4-8-16(18)17-9-5-7-11-19(17)21/h4-11,13-14,20-21H,12H2,1-3H3,(H,31,32)(H,33,35)/t20-/m0/s1. The molecule has 1 aliphatic rings. The average molecular weight is 575 g/mol. The summed E-state index contributed by atoms with van der Waals surface area (Å²) in [6.45, 7) is 2.26. The summed E-state index contributed by atoms with van der Waals surface area (Å²) in [5, 5.41) is 2.39. The van der Waals surface area contributed by atoms with Crippen LogP contribution >= 0.6 is 0 Å². The van der Waals surface area contributed by atoms with Gasteiger partial charge in [-0.05, 0) is 36.1 Å². The van der Waals surface area contributed by atoms with Crippen LogP contribution in [0.4, 0.5) is 18.0 Å². The summed E-state index contributed by atoms with van der Waals surface area (Å²) in [6, 6.07) is 12.5. The van der Waals surface area contributed by atoms with Gasteiger partial charge in [0.15, 0.2) is 0 Å². The second-order valence-corrected chi connectivity index (χ2v) is 9.60. The van der Waals surface area contributed by atoms with Gasteiger partial charge in [-0.2, -0.15) is 13.2 Å². The van der Waals surface area contributed by atoms with Gasteiger partial charge in [0.1, 0.15) is 11.6 Å². The quantitative estimate of drug-likeness (QED) is 0.322. The first kappa shape index (κ1) is 29.1. The summed E-state index contributed by atoms with van der Waals surface area (Å²) in [5.41, 5.74) is 1.59. The molecule has 0 saturated heterocycles. The highest BCUT2D eigenvalue weighted by Gasteiger charge is 2.46. The van der Waals surface area contributed by atoms with Crippen LogP contribution in [0.15, 0.2) is 61.1 Å². The minimum absolute atomic E-state index is 0.115. The number of aromatic nitrogens is 2. The number of alkyl halides is 3. The van der Waals surface area contributed by atoms with Crippen LogP contribution < -0.4 is 5.32 Å². The number of hydrogen-bond donors (Lipinski definition) is 2. The lowest BCUT2D eigenvalue weighted by atomic mass is 9.98. The highest BCUT2D eigenvalue weighted by molar-refractivity contribution is 5.92. The van der Waals surface area contributed by atoms with Crippen molar-refractivity contribution in [1.82, 2.24) is 20.2 Å². The summed E-state index contributed by atoms with van der Waals surface area (Å²) in [4.78, 5) is 66.4. The minimum Gasteiger partial charge on any atom is -0.453 e. The molecule has 1 heterocycles. The predicted molar refractivity (Wildman–Crippen MR) is 135 cm³/mol. The molecule has 2 amide bonds. The van der Waals surface area contributed by atoms with Crippen LogP contribution in [0.25, 0.3) is 11.1 Å². The lowest BCUT2D eigenvalue weighted by Gasteiger charge is -2.36. The van der Waals surface area contributed by atoms with Crippen molar-refractivity contribution in [1.29, 1.82) is 0 Å². The van der Waals surface area contributed by atoms with Gasteiger partial charge in [0, 0.05) is 18.3 Å². The van der Waals surface area contributed by atoms with E-state index < -0.39 is 47.7 Å². The van der Waals surface area contributed by atoms with Crippen molar-refractivity contribution >= 4 is 23.9 Å². The number of rotatable bonds is 7. The van der Waals surface area contributed by atoms with Gasteiger partial charge in [0.05, 0.1) is 19.5 Å². The molecule has 1 aliphatic carbocycles. The molecule has 1 aromatic heterocycles. The van der Waals surface area contributed by atoms with Crippen LogP contribution in [0, 0.1) is 0 Å². The number of ether oxygens (including phenoxy) is 1. The van der Waals surface area contributed by atoms with Gasteiger partial charge in [0.2, 0.25) is 5.91 Å². The van der Waals surface area contributed by atoms with Gasteiger partial charge in [-0.15, -0.1) is 0 Å². The Morgan fingerprint density at radius 1 is 0.976 bits per heavy atom.